The van der Waals surface area contributed by atoms with Crippen LogP contribution in [-0.2, 0) is 14.4 Å². The Kier molecular flexibility index (Phi) is 11.5. The van der Waals surface area contributed by atoms with E-state index in [1.54, 1.807) is 19.1 Å². The molecule has 0 spiro atoms. The van der Waals surface area contributed by atoms with Gasteiger partial charge in [0.2, 0.25) is 11.8 Å². The fourth-order valence-corrected chi connectivity index (χ4v) is 4.78. The van der Waals surface area contributed by atoms with E-state index in [4.69, 9.17) is 11.1 Å². The number of amides is 3. The van der Waals surface area contributed by atoms with Gasteiger partial charge in [0.05, 0.1) is 6.04 Å². The largest absolute Gasteiger partial charge is 0.370 e. The second kappa shape index (κ2) is 14.1. The molecule has 0 radical (unpaired) electrons. The zero-order valence-corrected chi connectivity index (χ0v) is 23.0. The molecule has 1 aromatic carbocycles. The fraction of sp³-hybridized carbons (Fsp3) is 0.560. The van der Waals surface area contributed by atoms with Crippen molar-refractivity contribution in [2.24, 2.45) is 11.7 Å². The number of aryl methyl sites for hydroxylation is 1. The van der Waals surface area contributed by atoms with E-state index in [1.165, 1.54) is 4.90 Å². The SMILES string of the molecule is Cc1cc(Br)ccc1C(=O)N[C@H](C(=O)N1CCC[C@H]1C(=O)N[C@@H](CCCNC(=N)N)C(=O)CF)C(C)C. The first-order valence-corrected chi connectivity index (χ1v) is 13.1. The van der Waals surface area contributed by atoms with Gasteiger partial charge in [0, 0.05) is 23.1 Å². The van der Waals surface area contributed by atoms with Crippen molar-refractivity contribution in [2.75, 3.05) is 19.8 Å². The van der Waals surface area contributed by atoms with Gasteiger partial charge in [0.1, 0.15) is 18.8 Å². The number of halogens is 2. The van der Waals surface area contributed by atoms with Gasteiger partial charge in [-0.25, -0.2) is 4.39 Å². The highest BCUT2D eigenvalue weighted by Gasteiger charge is 2.39. The van der Waals surface area contributed by atoms with Crippen molar-refractivity contribution in [2.45, 2.75) is 64.6 Å². The molecule has 37 heavy (non-hydrogen) atoms. The number of rotatable bonds is 12. The molecule has 3 atom stereocenters. The Morgan fingerprint density at radius 1 is 1.24 bits per heavy atom. The van der Waals surface area contributed by atoms with Gasteiger partial charge >= 0.3 is 0 Å². The summed E-state index contributed by atoms with van der Waals surface area (Å²) in [6.07, 6.45) is 1.51. The lowest BCUT2D eigenvalue weighted by Crippen LogP contribution is -2.56. The number of hydrogen-bond donors (Lipinski definition) is 5. The van der Waals surface area contributed by atoms with Gasteiger partial charge in [0.25, 0.3) is 5.91 Å². The number of ketones is 1. The maximum atomic E-state index is 13.5. The molecular formula is C25H36BrFN6O4. The third kappa shape index (κ3) is 8.51. The average Bonchev–Trinajstić information content (AvgIpc) is 3.33. The smallest absolute Gasteiger partial charge is 0.252 e. The maximum absolute atomic E-state index is 13.5. The molecule has 1 aliphatic rings. The second-order valence-corrected chi connectivity index (χ2v) is 10.4. The molecule has 1 heterocycles. The molecule has 1 fully saturated rings. The van der Waals surface area contributed by atoms with E-state index in [0.717, 1.165) is 10.0 Å². The molecule has 0 aliphatic carbocycles. The highest BCUT2D eigenvalue weighted by molar-refractivity contribution is 9.10. The first kappa shape index (κ1) is 30.2. The zero-order chi connectivity index (χ0) is 27.7. The van der Waals surface area contributed by atoms with E-state index in [1.807, 2.05) is 19.9 Å². The lowest BCUT2D eigenvalue weighted by molar-refractivity contribution is -0.141. The number of nitrogens with one attached hydrogen (secondary N) is 4. The van der Waals surface area contributed by atoms with Crippen LogP contribution in [0.3, 0.4) is 0 Å². The van der Waals surface area contributed by atoms with Crippen LogP contribution in [0, 0.1) is 18.3 Å². The standard InChI is InChI=1S/C25H36BrFN6O4/c1-14(2)21(32-22(35)17-9-8-16(26)12-15(17)3)24(37)33-11-5-7-19(33)23(36)31-18(20(34)13-27)6-4-10-30-25(28)29/h8-9,12,14,18-19,21H,4-7,10-11,13H2,1-3H3,(H,31,36)(H,32,35)(H4,28,29,30)/t18-,19-,21-/m0/s1. The van der Waals surface area contributed by atoms with Crippen molar-refractivity contribution in [1.29, 1.82) is 5.41 Å². The molecule has 0 aromatic heterocycles. The third-order valence-electron chi connectivity index (χ3n) is 6.31. The van der Waals surface area contributed by atoms with Crippen LogP contribution < -0.4 is 21.7 Å². The van der Waals surface area contributed by atoms with Crippen LogP contribution in [0.15, 0.2) is 22.7 Å². The summed E-state index contributed by atoms with van der Waals surface area (Å²) >= 11 is 3.37. The molecular weight excluding hydrogens is 547 g/mol. The van der Waals surface area contributed by atoms with Crippen LogP contribution in [0.5, 0.6) is 0 Å². The van der Waals surface area contributed by atoms with E-state index in [9.17, 15) is 23.6 Å². The molecule has 2 rings (SSSR count). The normalized spacial score (nSPS) is 16.7. The first-order valence-electron chi connectivity index (χ1n) is 12.3. The molecule has 3 amide bonds. The minimum Gasteiger partial charge on any atom is -0.370 e. The average molecular weight is 584 g/mol. The van der Waals surface area contributed by atoms with E-state index >= 15 is 0 Å². The van der Waals surface area contributed by atoms with Crippen molar-refractivity contribution in [3.8, 4) is 0 Å². The Morgan fingerprint density at radius 3 is 2.54 bits per heavy atom. The molecule has 6 N–H and O–H groups in total. The number of carbonyl (C=O) groups is 4. The topological polar surface area (TPSA) is 157 Å². The minimum absolute atomic E-state index is 0.159. The lowest BCUT2D eigenvalue weighted by atomic mass is 10.0. The van der Waals surface area contributed by atoms with Gasteiger partial charge in [-0.05, 0) is 62.3 Å². The number of benzene rings is 1. The number of nitrogens with zero attached hydrogens (tertiary/aromatic N) is 1. The fourth-order valence-electron chi connectivity index (χ4n) is 4.30. The van der Waals surface area contributed by atoms with Gasteiger partial charge in [-0.15, -0.1) is 0 Å². The highest BCUT2D eigenvalue weighted by Crippen LogP contribution is 2.22. The van der Waals surface area contributed by atoms with E-state index < -0.39 is 36.5 Å². The summed E-state index contributed by atoms with van der Waals surface area (Å²) in [6.45, 7) is 4.83. The van der Waals surface area contributed by atoms with Crippen molar-refractivity contribution < 1.29 is 23.6 Å². The summed E-state index contributed by atoms with van der Waals surface area (Å²) in [7, 11) is 0. The maximum Gasteiger partial charge on any atom is 0.252 e. The van der Waals surface area contributed by atoms with E-state index in [2.05, 4.69) is 31.9 Å². The molecule has 10 nitrogen and oxygen atoms in total. The summed E-state index contributed by atoms with van der Waals surface area (Å²) in [6, 6.07) is 2.50. The first-order chi connectivity index (χ1) is 17.5. The Labute approximate surface area is 224 Å². The number of carbonyl (C=O) groups excluding carboxylic acids is 4. The monoisotopic (exact) mass is 582 g/mol. The summed E-state index contributed by atoms with van der Waals surface area (Å²) in [5.41, 5.74) is 6.43. The van der Waals surface area contributed by atoms with Crippen LogP contribution in [0.25, 0.3) is 0 Å². The number of likely N-dealkylation sites (tertiary alicyclic amines) is 1. The number of nitrogens with two attached hydrogens (primary N) is 1. The Hall–Kier alpha value is -3.02. The number of hydrogen-bond acceptors (Lipinski definition) is 5. The predicted molar refractivity (Wildman–Crippen MR) is 142 cm³/mol. The molecule has 0 bridgehead atoms. The lowest BCUT2D eigenvalue weighted by Gasteiger charge is -2.31. The highest BCUT2D eigenvalue weighted by atomic mass is 79.9. The quantitative estimate of drug-likeness (QED) is 0.144. The number of guanidine groups is 1. The van der Waals surface area contributed by atoms with Crippen LogP contribution in [-0.4, -0.2) is 72.3 Å². The van der Waals surface area contributed by atoms with Gasteiger partial charge in [-0.3, -0.25) is 24.6 Å². The Balaban J connectivity index is 2.11. The van der Waals surface area contributed by atoms with Crippen LogP contribution in [0.1, 0.15) is 55.5 Å². The van der Waals surface area contributed by atoms with Crippen LogP contribution in [0.4, 0.5) is 4.39 Å². The number of alkyl halides is 1. The van der Waals surface area contributed by atoms with Crippen molar-refractivity contribution in [3.63, 3.8) is 0 Å². The summed E-state index contributed by atoms with van der Waals surface area (Å²) < 4.78 is 14.0. The Bertz CT molecular complexity index is 1020. The summed E-state index contributed by atoms with van der Waals surface area (Å²) in [5.74, 6) is -2.52. The second-order valence-electron chi connectivity index (χ2n) is 9.49. The minimum atomic E-state index is -1.23. The third-order valence-corrected chi connectivity index (χ3v) is 6.81. The van der Waals surface area contributed by atoms with Crippen LogP contribution >= 0.6 is 15.9 Å². The Morgan fingerprint density at radius 2 is 1.95 bits per heavy atom. The molecule has 1 aromatic rings. The zero-order valence-electron chi connectivity index (χ0n) is 21.4. The molecule has 204 valence electrons. The molecule has 1 saturated heterocycles. The number of Topliss-reactive ketones (excluding diaryl/α,β-unsaturated/α-hetero) is 1. The van der Waals surface area contributed by atoms with Gasteiger partial charge in [-0.2, -0.15) is 0 Å². The van der Waals surface area contributed by atoms with Crippen molar-refractivity contribution in [3.05, 3.63) is 33.8 Å². The molecule has 0 saturated carbocycles. The van der Waals surface area contributed by atoms with E-state index in [-0.39, 0.29) is 30.1 Å². The van der Waals surface area contributed by atoms with Crippen molar-refractivity contribution >= 4 is 45.4 Å². The van der Waals surface area contributed by atoms with Gasteiger partial charge in [-0.1, -0.05) is 29.8 Å². The van der Waals surface area contributed by atoms with Gasteiger partial charge < -0.3 is 26.6 Å². The van der Waals surface area contributed by atoms with Crippen molar-refractivity contribution in [1.82, 2.24) is 20.9 Å². The van der Waals surface area contributed by atoms with Crippen LogP contribution in [0.2, 0.25) is 0 Å². The predicted octanol–water partition coefficient (Wildman–Crippen LogP) is 1.79. The van der Waals surface area contributed by atoms with E-state index in [0.29, 0.717) is 37.9 Å². The van der Waals surface area contributed by atoms with Gasteiger partial charge in [0.15, 0.2) is 11.7 Å². The molecule has 0 unspecified atom stereocenters. The molecule has 1 aliphatic heterocycles. The summed E-state index contributed by atoms with van der Waals surface area (Å²) in [4.78, 5) is 53.1. The molecule has 12 heteroatoms. The summed E-state index contributed by atoms with van der Waals surface area (Å²) in [5, 5.41) is 15.2.